The van der Waals surface area contributed by atoms with Crippen LogP contribution in [0.1, 0.15) is 56.7 Å². The molecule has 0 saturated heterocycles. The number of hydrogen-bond acceptors (Lipinski definition) is 4. The molecule has 0 unspecified atom stereocenters. The number of aromatic nitrogens is 3. The van der Waals surface area contributed by atoms with Gasteiger partial charge in [0.25, 0.3) is 5.91 Å². The van der Waals surface area contributed by atoms with E-state index in [4.69, 9.17) is 0 Å². The number of halogens is 2. The number of fused-ring (bicyclic) bond motifs is 1. The second-order valence-electron chi connectivity index (χ2n) is 9.67. The lowest BCUT2D eigenvalue weighted by molar-refractivity contribution is -0.128. The van der Waals surface area contributed by atoms with Crippen LogP contribution >= 0.6 is 0 Å². The van der Waals surface area contributed by atoms with E-state index in [-0.39, 0.29) is 11.7 Å². The minimum Gasteiger partial charge on any atom is -0.351 e. The van der Waals surface area contributed by atoms with Crippen LogP contribution < -0.4 is 10.2 Å². The van der Waals surface area contributed by atoms with E-state index in [2.05, 4.69) is 15.5 Å². The van der Waals surface area contributed by atoms with Crippen LogP contribution in [-0.4, -0.2) is 32.9 Å². The van der Waals surface area contributed by atoms with Crippen LogP contribution in [0.2, 0.25) is 0 Å². The third kappa shape index (κ3) is 5.41. The third-order valence-corrected chi connectivity index (χ3v) is 6.97. The predicted molar refractivity (Wildman–Crippen MR) is 140 cm³/mol. The summed E-state index contributed by atoms with van der Waals surface area (Å²) in [5.41, 5.74) is 1.85. The summed E-state index contributed by atoms with van der Waals surface area (Å²) in [4.78, 5) is 30.6. The highest BCUT2D eigenvalue weighted by Crippen LogP contribution is 2.32. The SMILES string of the molecule is C[C@@H](C(=O)N(c1cccc(F)c1)[C@H](C(=O)NC1CCCCC1)c1ccc(F)cc1)n1nc2ccccc2n1. The van der Waals surface area contributed by atoms with E-state index in [1.165, 1.54) is 52.2 Å². The Morgan fingerprint density at radius 3 is 2.18 bits per heavy atom. The van der Waals surface area contributed by atoms with Gasteiger partial charge in [-0.25, -0.2) is 8.78 Å². The summed E-state index contributed by atoms with van der Waals surface area (Å²) in [6.07, 6.45) is 4.82. The fourth-order valence-corrected chi connectivity index (χ4v) is 4.97. The van der Waals surface area contributed by atoms with Gasteiger partial charge in [-0.05, 0) is 67.8 Å². The highest BCUT2D eigenvalue weighted by atomic mass is 19.1. The van der Waals surface area contributed by atoms with Gasteiger partial charge < -0.3 is 5.32 Å². The van der Waals surface area contributed by atoms with Crippen molar-refractivity contribution in [3.8, 4) is 0 Å². The average Bonchev–Trinajstić information content (AvgIpc) is 3.36. The molecule has 5 rings (SSSR count). The highest BCUT2D eigenvalue weighted by molar-refractivity contribution is 6.03. The summed E-state index contributed by atoms with van der Waals surface area (Å²) >= 11 is 0. The lowest BCUT2D eigenvalue weighted by Crippen LogP contribution is -2.49. The van der Waals surface area contributed by atoms with Gasteiger partial charge in [0, 0.05) is 11.7 Å². The smallest absolute Gasteiger partial charge is 0.254 e. The molecular formula is C29H29F2N5O2. The fraction of sp³-hybridized carbons (Fsp3) is 0.310. The first-order chi connectivity index (χ1) is 18.4. The van der Waals surface area contributed by atoms with E-state index in [0.29, 0.717) is 16.6 Å². The van der Waals surface area contributed by atoms with Crippen LogP contribution in [0.25, 0.3) is 11.0 Å². The number of carbonyl (C=O) groups excluding carboxylic acids is 2. The number of nitrogens with one attached hydrogen (secondary N) is 1. The van der Waals surface area contributed by atoms with Crippen LogP contribution in [0.5, 0.6) is 0 Å². The molecule has 7 nitrogen and oxygen atoms in total. The monoisotopic (exact) mass is 517 g/mol. The molecule has 0 radical (unpaired) electrons. The molecule has 0 aliphatic heterocycles. The first kappa shape index (κ1) is 25.5. The Labute approximate surface area is 219 Å². The molecule has 0 bridgehead atoms. The van der Waals surface area contributed by atoms with Crippen molar-refractivity contribution < 1.29 is 18.4 Å². The van der Waals surface area contributed by atoms with E-state index in [9.17, 15) is 18.4 Å². The summed E-state index contributed by atoms with van der Waals surface area (Å²) in [5, 5.41) is 12.0. The van der Waals surface area contributed by atoms with E-state index in [1.807, 2.05) is 12.1 Å². The molecule has 1 aliphatic carbocycles. The number of rotatable bonds is 7. The molecule has 0 spiro atoms. The van der Waals surface area contributed by atoms with Gasteiger partial charge in [-0.1, -0.05) is 49.6 Å². The van der Waals surface area contributed by atoms with Crippen molar-refractivity contribution in [2.24, 2.45) is 0 Å². The molecule has 2 atom stereocenters. The minimum absolute atomic E-state index is 0.0286. The van der Waals surface area contributed by atoms with Crippen molar-refractivity contribution >= 4 is 28.5 Å². The molecule has 1 fully saturated rings. The lowest BCUT2D eigenvalue weighted by atomic mass is 9.94. The molecule has 196 valence electrons. The van der Waals surface area contributed by atoms with Crippen molar-refractivity contribution in [3.63, 3.8) is 0 Å². The zero-order valence-electron chi connectivity index (χ0n) is 21.1. The molecule has 1 N–H and O–H groups in total. The van der Waals surface area contributed by atoms with Crippen molar-refractivity contribution in [2.75, 3.05) is 4.90 Å². The number of amides is 2. The quantitative estimate of drug-likeness (QED) is 0.351. The lowest BCUT2D eigenvalue weighted by Gasteiger charge is -2.34. The Bertz CT molecular complexity index is 1400. The minimum atomic E-state index is -1.17. The van der Waals surface area contributed by atoms with E-state index in [0.717, 1.165) is 32.1 Å². The molecule has 1 heterocycles. The Balaban J connectivity index is 1.58. The van der Waals surface area contributed by atoms with Crippen molar-refractivity contribution in [2.45, 2.75) is 57.2 Å². The van der Waals surface area contributed by atoms with Gasteiger partial charge in [0.05, 0.1) is 0 Å². The second-order valence-corrected chi connectivity index (χ2v) is 9.67. The molecule has 2 amide bonds. The number of hydrogen-bond donors (Lipinski definition) is 1. The Hall–Kier alpha value is -4.14. The van der Waals surface area contributed by atoms with Gasteiger partial charge in [0.15, 0.2) is 0 Å². The van der Waals surface area contributed by atoms with Crippen LogP contribution in [0.3, 0.4) is 0 Å². The van der Waals surface area contributed by atoms with Crippen LogP contribution in [-0.2, 0) is 9.59 Å². The van der Waals surface area contributed by atoms with Crippen molar-refractivity contribution in [1.82, 2.24) is 20.3 Å². The van der Waals surface area contributed by atoms with Gasteiger partial charge in [0.2, 0.25) is 5.91 Å². The molecule has 9 heteroatoms. The first-order valence-electron chi connectivity index (χ1n) is 12.9. The number of carbonyl (C=O) groups is 2. The maximum absolute atomic E-state index is 14.4. The summed E-state index contributed by atoms with van der Waals surface area (Å²) in [6, 6.07) is 16.1. The van der Waals surface area contributed by atoms with E-state index in [1.54, 1.807) is 25.1 Å². The van der Waals surface area contributed by atoms with Gasteiger partial charge >= 0.3 is 0 Å². The largest absolute Gasteiger partial charge is 0.351 e. The molecule has 38 heavy (non-hydrogen) atoms. The van der Waals surface area contributed by atoms with Crippen LogP contribution in [0, 0.1) is 11.6 Å². The Kier molecular flexibility index (Phi) is 7.44. The summed E-state index contributed by atoms with van der Waals surface area (Å²) in [5.74, 6) is -1.94. The molecule has 1 aliphatic rings. The first-order valence-corrected chi connectivity index (χ1v) is 12.9. The zero-order chi connectivity index (χ0) is 26.6. The fourth-order valence-electron chi connectivity index (χ4n) is 4.97. The number of benzene rings is 3. The maximum Gasteiger partial charge on any atom is 0.254 e. The molecule has 1 aromatic heterocycles. The molecular weight excluding hydrogens is 488 g/mol. The Morgan fingerprint density at radius 2 is 1.55 bits per heavy atom. The van der Waals surface area contributed by atoms with E-state index < -0.39 is 35.5 Å². The predicted octanol–water partition coefficient (Wildman–Crippen LogP) is 5.49. The number of nitrogens with zero attached hydrogens (tertiary/aromatic N) is 4. The zero-order valence-corrected chi connectivity index (χ0v) is 21.1. The maximum atomic E-state index is 14.4. The second kappa shape index (κ2) is 11.1. The standard InChI is InChI=1S/C29H29F2N5O2/c1-19(36-33-25-12-5-6-13-26(25)34-36)29(38)35(24-11-7-8-22(31)18-24)27(20-14-16-21(30)17-15-20)28(37)32-23-9-3-2-4-10-23/h5-8,11-19,23,27H,2-4,9-10H2,1H3,(H,32,37)/t19-,27-/m0/s1. The normalized spacial score (nSPS) is 15.7. The average molecular weight is 518 g/mol. The van der Waals surface area contributed by atoms with Crippen LogP contribution in [0.15, 0.2) is 72.8 Å². The van der Waals surface area contributed by atoms with Gasteiger partial charge in [-0.15, -0.1) is 0 Å². The highest BCUT2D eigenvalue weighted by Gasteiger charge is 2.37. The molecule has 1 saturated carbocycles. The summed E-state index contributed by atoms with van der Waals surface area (Å²) in [6.45, 7) is 1.63. The van der Waals surface area contributed by atoms with Crippen LogP contribution in [0.4, 0.5) is 14.5 Å². The van der Waals surface area contributed by atoms with Crippen molar-refractivity contribution in [1.29, 1.82) is 0 Å². The summed E-state index contributed by atoms with van der Waals surface area (Å²) in [7, 11) is 0. The summed E-state index contributed by atoms with van der Waals surface area (Å²) < 4.78 is 28.3. The van der Waals surface area contributed by atoms with Gasteiger partial charge in [-0.3, -0.25) is 14.5 Å². The van der Waals surface area contributed by atoms with Gasteiger partial charge in [-0.2, -0.15) is 15.0 Å². The van der Waals surface area contributed by atoms with Crippen molar-refractivity contribution in [3.05, 3.63) is 90.0 Å². The Morgan fingerprint density at radius 1 is 0.895 bits per heavy atom. The van der Waals surface area contributed by atoms with Gasteiger partial charge in [0.1, 0.15) is 34.8 Å². The number of anilines is 1. The molecule has 4 aromatic rings. The topological polar surface area (TPSA) is 80.1 Å². The van der Waals surface area contributed by atoms with E-state index >= 15 is 0 Å². The third-order valence-electron chi connectivity index (χ3n) is 6.97. The molecule has 3 aromatic carbocycles.